The molecule has 6 rings (SSSR count). The third-order valence-corrected chi connectivity index (χ3v) is 10.3. The highest BCUT2D eigenvalue weighted by Crippen LogP contribution is 2.43. The van der Waals surface area contributed by atoms with E-state index in [0.717, 1.165) is 39.5 Å². The maximum Gasteiger partial charge on any atom is 0.352 e. The molecule has 1 saturated heterocycles. The van der Waals surface area contributed by atoms with Gasteiger partial charge in [-0.15, -0.1) is 23.1 Å². The molecule has 17 nitrogen and oxygen atoms in total. The van der Waals surface area contributed by atoms with Gasteiger partial charge in [-0.25, -0.2) is 9.78 Å². The number of phenols is 4. The van der Waals surface area contributed by atoms with Crippen molar-refractivity contribution in [2.45, 2.75) is 30.6 Å². The summed E-state index contributed by atoms with van der Waals surface area (Å²) in [5.74, 6) is -6.27. The summed E-state index contributed by atoms with van der Waals surface area (Å²) in [4.78, 5) is 61.6. The molecule has 3 aromatic rings. The lowest BCUT2D eigenvalue weighted by atomic mass is 10.0. The number of carbonyl (C=O) groups is 4. The number of nitrogens with two attached hydrogens (primary N) is 1. The van der Waals surface area contributed by atoms with Crippen LogP contribution in [0.3, 0.4) is 0 Å². The molecule has 2 aromatic carbocycles. The lowest BCUT2D eigenvalue weighted by molar-refractivity contribution is -0.924. The zero-order chi connectivity index (χ0) is 35.4. The van der Waals surface area contributed by atoms with E-state index >= 15 is 0 Å². The summed E-state index contributed by atoms with van der Waals surface area (Å²) in [6, 6.07) is 4.91. The number of hydrogen-bond acceptors (Lipinski definition) is 15. The lowest BCUT2D eigenvalue weighted by Gasteiger charge is -2.51. The van der Waals surface area contributed by atoms with E-state index < -0.39 is 58.5 Å². The standard InChI is InChI=1S/C30H28N6O11S2/c1-36(7-13-5-19(39)20(40)6-14(13)8-36)9-15-10-48-27-22(26(42)35(27)23(15)28(43)44)33-25(41)21(16-11-49-30(31)32-16)34-47-24(29(45)46)12-2-3-17(37)18(38)4-12/h2-6,11,22,24,27H,7-10H2,1H3,(H8-,31,32,33,34,37,38,39,40,41,43,44,45,46)/t22?,24?,27-/m1/s1. The molecule has 0 aliphatic carbocycles. The Balaban J connectivity index is 1.21. The highest BCUT2D eigenvalue weighted by molar-refractivity contribution is 8.00. The molecule has 8 N–H and O–H groups in total. The number of hydrogen-bond donors (Lipinski definition) is 7. The van der Waals surface area contributed by atoms with Gasteiger partial charge in [0, 0.05) is 33.4 Å². The fourth-order valence-electron chi connectivity index (χ4n) is 6.07. The highest BCUT2D eigenvalue weighted by atomic mass is 32.2. The number of thiazole rings is 1. The number of rotatable bonds is 10. The van der Waals surface area contributed by atoms with Gasteiger partial charge in [0.05, 0.1) is 18.7 Å². The van der Waals surface area contributed by atoms with Gasteiger partial charge in [0.1, 0.15) is 36.7 Å². The van der Waals surface area contributed by atoms with Gasteiger partial charge in [-0.05, 0) is 24.3 Å². The Kier molecular flexibility index (Phi) is 8.51. The van der Waals surface area contributed by atoms with E-state index in [1.807, 2.05) is 7.05 Å². The van der Waals surface area contributed by atoms with Gasteiger partial charge in [-0.3, -0.25) is 14.5 Å². The molecule has 3 aliphatic rings. The Morgan fingerprint density at radius 1 is 1.12 bits per heavy atom. The van der Waals surface area contributed by atoms with Crippen molar-refractivity contribution in [2.75, 3.05) is 25.1 Å². The average Bonchev–Trinajstić information content (AvgIpc) is 3.60. The van der Waals surface area contributed by atoms with Crippen molar-refractivity contribution in [2.24, 2.45) is 5.16 Å². The van der Waals surface area contributed by atoms with Gasteiger partial charge in [-0.1, -0.05) is 11.2 Å². The Morgan fingerprint density at radius 3 is 2.35 bits per heavy atom. The van der Waals surface area contributed by atoms with Gasteiger partial charge in [0.15, 0.2) is 33.8 Å². The van der Waals surface area contributed by atoms with Gasteiger partial charge >= 0.3 is 5.97 Å². The number of phenolic OH excluding ortho intramolecular Hbond substituents is 4. The van der Waals surface area contributed by atoms with Crippen molar-refractivity contribution >= 4 is 57.7 Å². The first-order valence-electron chi connectivity index (χ1n) is 14.4. The second kappa shape index (κ2) is 12.5. The summed E-state index contributed by atoms with van der Waals surface area (Å²) in [5, 5.41) is 68.2. The van der Waals surface area contributed by atoms with Crippen LogP contribution in [0, 0.1) is 0 Å². The number of nitrogen functional groups attached to an aromatic ring is 1. The molecule has 0 bridgehead atoms. The van der Waals surface area contributed by atoms with Crippen molar-refractivity contribution in [1.82, 2.24) is 15.2 Å². The number of benzene rings is 2. The highest BCUT2D eigenvalue weighted by Gasteiger charge is 2.54. The number of nitrogens with zero attached hydrogens (tertiary/aromatic N) is 4. The number of anilines is 1. The van der Waals surface area contributed by atoms with Crippen LogP contribution in [0.5, 0.6) is 23.0 Å². The molecule has 1 aromatic heterocycles. The number of likely N-dealkylation sites (N-methyl/N-ethyl adjacent to an activating group) is 1. The molecular weight excluding hydrogens is 684 g/mol. The van der Waals surface area contributed by atoms with Gasteiger partial charge < -0.3 is 55.8 Å². The number of aliphatic carboxylic acids is 2. The number of oxime groups is 1. The van der Waals surface area contributed by atoms with Crippen molar-refractivity contribution in [3.05, 3.63) is 69.4 Å². The zero-order valence-corrected chi connectivity index (χ0v) is 27.0. The molecule has 3 aliphatic heterocycles. The summed E-state index contributed by atoms with van der Waals surface area (Å²) < 4.78 is 0.315. The van der Waals surface area contributed by atoms with Crippen molar-refractivity contribution in [3.63, 3.8) is 0 Å². The number of nitrogens with one attached hydrogen (secondary N) is 1. The number of carboxylic acids is 2. The minimum Gasteiger partial charge on any atom is -0.543 e. The molecular formula is C30H28N6O11S2. The zero-order valence-electron chi connectivity index (χ0n) is 25.4. The molecule has 2 unspecified atom stereocenters. The van der Waals surface area contributed by atoms with Gasteiger partial charge in [0.25, 0.3) is 11.8 Å². The number of fused-ring (bicyclic) bond motifs is 2. The second-order valence-electron chi connectivity index (χ2n) is 11.9. The Labute approximate surface area is 284 Å². The minimum atomic E-state index is -1.83. The van der Waals surface area contributed by atoms with Gasteiger partial charge in [0.2, 0.25) is 6.10 Å². The average molecular weight is 713 g/mol. The number of aromatic hydroxyl groups is 4. The SMILES string of the molecule is C[N+]1(CC2=C(C(=O)[O-])N3C(=O)C(NC(=O)/C(=N\OC(C(=O)O)c4ccc(O)c(O)c4)c4csc(N)n4)[C@H]3SC2)Cc2cc(O)c(O)cc2C1. The van der Waals surface area contributed by atoms with Crippen LogP contribution < -0.4 is 16.2 Å². The fraction of sp³-hybridized carbons (Fsp3) is 0.267. The van der Waals surface area contributed by atoms with Crippen LogP contribution in [-0.4, -0.2) is 100 Å². The van der Waals surface area contributed by atoms with E-state index in [-0.39, 0.29) is 45.9 Å². The van der Waals surface area contributed by atoms with Gasteiger partial charge in [-0.2, -0.15) is 0 Å². The number of carbonyl (C=O) groups excluding carboxylic acids is 3. The number of amides is 2. The third-order valence-electron chi connectivity index (χ3n) is 8.26. The molecule has 1 fully saturated rings. The first-order valence-corrected chi connectivity index (χ1v) is 16.3. The van der Waals surface area contributed by atoms with E-state index in [4.69, 9.17) is 10.6 Å². The van der Waals surface area contributed by atoms with E-state index in [2.05, 4.69) is 15.5 Å². The third kappa shape index (κ3) is 6.25. The van der Waals surface area contributed by atoms with E-state index in [9.17, 15) is 49.8 Å². The normalized spacial score (nSPS) is 20.2. The largest absolute Gasteiger partial charge is 0.543 e. The molecule has 3 atom stereocenters. The van der Waals surface area contributed by atoms with Crippen LogP contribution in [0.15, 0.2) is 52.1 Å². The summed E-state index contributed by atoms with van der Waals surface area (Å²) >= 11 is 2.18. The summed E-state index contributed by atoms with van der Waals surface area (Å²) in [6.45, 7) is 1.11. The Hall–Kier alpha value is -5.53. The molecule has 4 heterocycles. The molecule has 19 heteroatoms. The molecule has 0 saturated carbocycles. The maximum absolute atomic E-state index is 13.5. The predicted octanol–water partition coefficient (Wildman–Crippen LogP) is -0.341. The van der Waals surface area contributed by atoms with Crippen LogP contribution >= 0.6 is 23.1 Å². The number of β-lactam (4-membered cyclic amide) rings is 1. The van der Waals surface area contributed by atoms with Crippen LogP contribution in [-0.2, 0) is 37.1 Å². The summed E-state index contributed by atoms with van der Waals surface area (Å²) in [7, 11) is 1.89. The second-order valence-corrected chi connectivity index (χ2v) is 13.9. The smallest absolute Gasteiger partial charge is 0.352 e. The fourth-order valence-corrected chi connectivity index (χ4v) is 7.95. The number of quaternary nitrogens is 1. The Bertz CT molecular complexity index is 1950. The lowest BCUT2D eigenvalue weighted by Crippen LogP contribution is -2.71. The number of thioether (sulfide) groups is 1. The topological polar surface area (TPSA) is 268 Å². The van der Waals surface area contributed by atoms with Crippen molar-refractivity contribution in [1.29, 1.82) is 0 Å². The first-order chi connectivity index (χ1) is 23.2. The minimum absolute atomic E-state index is 0.0461. The first kappa shape index (κ1) is 33.4. The Morgan fingerprint density at radius 2 is 1.78 bits per heavy atom. The number of carboxylic acid groups (broad SMARTS) is 2. The maximum atomic E-state index is 13.5. The monoisotopic (exact) mass is 712 g/mol. The van der Waals surface area contributed by atoms with Crippen LogP contribution in [0.4, 0.5) is 5.13 Å². The molecule has 0 spiro atoms. The van der Waals surface area contributed by atoms with Crippen LogP contribution in [0.2, 0.25) is 0 Å². The summed E-state index contributed by atoms with van der Waals surface area (Å²) in [6.07, 6.45) is -1.83. The molecule has 256 valence electrons. The predicted molar refractivity (Wildman–Crippen MR) is 170 cm³/mol. The van der Waals surface area contributed by atoms with Crippen LogP contribution in [0.25, 0.3) is 0 Å². The molecule has 49 heavy (non-hydrogen) atoms. The quantitative estimate of drug-likeness (QED) is 0.0466. The van der Waals surface area contributed by atoms with Crippen LogP contribution in [0.1, 0.15) is 28.5 Å². The molecule has 0 radical (unpaired) electrons. The summed E-state index contributed by atoms with van der Waals surface area (Å²) in [5.41, 5.74) is 6.73. The molecule has 2 amide bonds. The van der Waals surface area contributed by atoms with E-state index in [0.29, 0.717) is 23.1 Å². The van der Waals surface area contributed by atoms with Crippen molar-refractivity contribution < 1.29 is 59.1 Å². The number of aromatic nitrogens is 1. The van der Waals surface area contributed by atoms with E-state index in [1.54, 1.807) is 0 Å². The van der Waals surface area contributed by atoms with Crippen molar-refractivity contribution in [3.8, 4) is 23.0 Å². The van der Waals surface area contributed by atoms with E-state index in [1.165, 1.54) is 35.3 Å².